The van der Waals surface area contributed by atoms with E-state index in [0.29, 0.717) is 11.3 Å². The Morgan fingerprint density at radius 1 is 1.33 bits per heavy atom. The Balaban J connectivity index is 1.76. The summed E-state index contributed by atoms with van der Waals surface area (Å²) in [7, 11) is -0.185. The van der Waals surface area contributed by atoms with Crippen LogP contribution < -0.4 is 5.73 Å². The molecule has 2 N–H and O–H groups in total. The van der Waals surface area contributed by atoms with Gasteiger partial charge in [-0.3, -0.25) is 0 Å². The van der Waals surface area contributed by atoms with Crippen LogP contribution in [0.1, 0.15) is 53.4 Å². The predicted molar refractivity (Wildman–Crippen MR) is 73.0 cm³/mol. The van der Waals surface area contributed by atoms with Crippen LogP contribution in [0.5, 0.6) is 0 Å². The lowest BCUT2D eigenvalue weighted by Crippen LogP contribution is -2.65. The van der Waals surface area contributed by atoms with Gasteiger partial charge < -0.3 is 15.0 Å². The smallest absolute Gasteiger partial charge is 0.404 e. The second-order valence-electron chi connectivity index (χ2n) is 7.29. The SMILES string of the molecule is CCCC(N)B1OC2CC3CC(C3(C)C)C2(C)O1. The molecule has 0 aromatic carbocycles. The van der Waals surface area contributed by atoms with Crippen LogP contribution in [-0.4, -0.2) is 24.8 Å². The number of rotatable bonds is 3. The fourth-order valence-corrected chi connectivity index (χ4v) is 4.55. The summed E-state index contributed by atoms with van der Waals surface area (Å²) in [5.74, 6) is 1.47. The fraction of sp³-hybridized carbons (Fsp3) is 1.00. The molecule has 3 aliphatic carbocycles. The first kappa shape index (κ1) is 13.0. The highest BCUT2D eigenvalue weighted by molar-refractivity contribution is 6.47. The van der Waals surface area contributed by atoms with Gasteiger partial charge in [-0.25, -0.2) is 0 Å². The Kier molecular flexibility index (Phi) is 2.86. The van der Waals surface area contributed by atoms with Crippen LogP contribution in [0.15, 0.2) is 0 Å². The van der Waals surface area contributed by atoms with Crippen LogP contribution in [0.2, 0.25) is 0 Å². The van der Waals surface area contributed by atoms with Gasteiger partial charge in [-0.2, -0.15) is 0 Å². The van der Waals surface area contributed by atoms with Gasteiger partial charge in [0.25, 0.3) is 0 Å². The van der Waals surface area contributed by atoms with E-state index in [0.717, 1.165) is 25.2 Å². The zero-order valence-corrected chi connectivity index (χ0v) is 12.1. The minimum atomic E-state index is -0.185. The second-order valence-corrected chi connectivity index (χ2v) is 7.29. The molecule has 0 radical (unpaired) electrons. The Labute approximate surface area is 111 Å². The zero-order chi connectivity index (χ0) is 13.1. The van der Waals surface area contributed by atoms with Crippen molar-refractivity contribution in [2.24, 2.45) is 23.0 Å². The molecule has 5 atom stereocenters. The van der Waals surface area contributed by atoms with Crippen LogP contribution >= 0.6 is 0 Å². The molecule has 3 saturated carbocycles. The number of hydrogen-bond donors (Lipinski definition) is 1. The molecule has 102 valence electrons. The highest BCUT2D eigenvalue weighted by atomic mass is 16.7. The number of nitrogens with two attached hydrogens (primary N) is 1. The molecule has 4 aliphatic rings. The molecule has 0 amide bonds. The van der Waals surface area contributed by atoms with Gasteiger partial charge in [-0.05, 0) is 43.4 Å². The first-order chi connectivity index (χ1) is 8.39. The molecule has 1 aliphatic heterocycles. The van der Waals surface area contributed by atoms with Crippen molar-refractivity contribution in [2.45, 2.75) is 71.0 Å². The van der Waals surface area contributed by atoms with E-state index in [9.17, 15) is 0 Å². The third kappa shape index (κ3) is 1.55. The van der Waals surface area contributed by atoms with Crippen molar-refractivity contribution in [3.05, 3.63) is 0 Å². The summed E-state index contributed by atoms with van der Waals surface area (Å²) in [6, 6.07) is 0. The average molecular weight is 251 g/mol. The largest absolute Gasteiger partial charge is 0.475 e. The van der Waals surface area contributed by atoms with Gasteiger partial charge >= 0.3 is 7.12 Å². The Hall–Kier alpha value is -0.0551. The summed E-state index contributed by atoms with van der Waals surface area (Å²) in [4.78, 5) is 0. The van der Waals surface area contributed by atoms with E-state index in [1.807, 2.05) is 0 Å². The van der Waals surface area contributed by atoms with Crippen molar-refractivity contribution in [1.29, 1.82) is 0 Å². The highest BCUT2D eigenvalue weighted by Crippen LogP contribution is 2.65. The van der Waals surface area contributed by atoms with Crippen molar-refractivity contribution >= 4 is 7.12 Å². The first-order valence-corrected chi connectivity index (χ1v) is 7.48. The quantitative estimate of drug-likeness (QED) is 0.783. The fourth-order valence-electron chi connectivity index (χ4n) is 4.55. The molecule has 4 rings (SSSR count). The van der Waals surface area contributed by atoms with Gasteiger partial charge in [0, 0.05) is 5.94 Å². The van der Waals surface area contributed by atoms with Crippen molar-refractivity contribution < 1.29 is 9.31 Å². The lowest BCUT2D eigenvalue weighted by Gasteiger charge is -2.64. The van der Waals surface area contributed by atoms with Gasteiger partial charge in [0.1, 0.15) is 0 Å². The summed E-state index contributed by atoms with van der Waals surface area (Å²) in [5, 5.41) is 0. The van der Waals surface area contributed by atoms with Crippen molar-refractivity contribution in [3.63, 3.8) is 0 Å². The van der Waals surface area contributed by atoms with E-state index in [2.05, 4.69) is 27.7 Å². The molecular formula is C14H26BNO2. The van der Waals surface area contributed by atoms with E-state index >= 15 is 0 Å². The van der Waals surface area contributed by atoms with Crippen LogP contribution in [0, 0.1) is 17.3 Å². The van der Waals surface area contributed by atoms with Crippen LogP contribution in [0.3, 0.4) is 0 Å². The maximum atomic E-state index is 6.31. The zero-order valence-electron chi connectivity index (χ0n) is 12.1. The minimum Gasteiger partial charge on any atom is -0.404 e. The Morgan fingerprint density at radius 2 is 2.06 bits per heavy atom. The normalized spacial score (nSPS) is 46.5. The molecule has 2 bridgehead atoms. The van der Waals surface area contributed by atoms with E-state index < -0.39 is 0 Å². The minimum absolute atomic E-state index is 0.0257. The van der Waals surface area contributed by atoms with E-state index in [4.69, 9.17) is 15.0 Å². The molecule has 0 aromatic heterocycles. The lowest BCUT2D eigenvalue weighted by molar-refractivity contribution is -0.199. The van der Waals surface area contributed by atoms with E-state index in [-0.39, 0.29) is 24.8 Å². The van der Waals surface area contributed by atoms with Gasteiger partial charge in [-0.1, -0.05) is 27.2 Å². The monoisotopic (exact) mass is 251 g/mol. The van der Waals surface area contributed by atoms with Gasteiger partial charge in [-0.15, -0.1) is 0 Å². The van der Waals surface area contributed by atoms with Crippen LogP contribution in [0.25, 0.3) is 0 Å². The summed E-state index contributed by atoms with van der Waals surface area (Å²) in [5.41, 5.74) is 6.49. The Morgan fingerprint density at radius 3 is 2.67 bits per heavy atom. The van der Waals surface area contributed by atoms with E-state index in [1.54, 1.807) is 0 Å². The summed E-state index contributed by atoms with van der Waals surface area (Å²) < 4.78 is 12.4. The van der Waals surface area contributed by atoms with Crippen LogP contribution in [0.4, 0.5) is 0 Å². The van der Waals surface area contributed by atoms with Gasteiger partial charge in [0.15, 0.2) is 0 Å². The topological polar surface area (TPSA) is 44.5 Å². The van der Waals surface area contributed by atoms with Crippen LogP contribution in [-0.2, 0) is 9.31 Å². The average Bonchev–Trinajstić information content (AvgIpc) is 2.65. The van der Waals surface area contributed by atoms with Crippen molar-refractivity contribution in [2.75, 3.05) is 0 Å². The maximum Gasteiger partial charge on any atom is 0.475 e. The van der Waals surface area contributed by atoms with Gasteiger partial charge in [0.2, 0.25) is 0 Å². The molecule has 1 saturated heterocycles. The second kappa shape index (κ2) is 3.97. The van der Waals surface area contributed by atoms with Crippen molar-refractivity contribution in [1.82, 2.24) is 0 Å². The molecule has 18 heavy (non-hydrogen) atoms. The molecule has 1 heterocycles. The summed E-state index contributed by atoms with van der Waals surface area (Å²) in [6.07, 6.45) is 4.78. The molecule has 0 spiro atoms. The molecule has 4 fully saturated rings. The third-order valence-electron chi connectivity index (χ3n) is 5.94. The lowest BCUT2D eigenvalue weighted by atomic mass is 9.43. The van der Waals surface area contributed by atoms with Crippen molar-refractivity contribution in [3.8, 4) is 0 Å². The molecule has 0 aromatic rings. The highest BCUT2D eigenvalue weighted by Gasteiger charge is 2.68. The summed E-state index contributed by atoms with van der Waals surface area (Å²) in [6.45, 7) is 9.17. The predicted octanol–water partition coefficient (Wildman–Crippen LogP) is 2.38. The number of hydrogen-bond acceptors (Lipinski definition) is 3. The molecule has 3 nitrogen and oxygen atoms in total. The van der Waals surface area contributed by atoms with Gasteiger partial charge in [0.05, 0.1) is 11.7 Å². The molecular weight excluding hydrogens is 225 g/mol. The Bertz CT molecular complexity index is 349. The third-order valence-corrected chi connectivity index (χ3v) is 5.94. The first-order valence-electron chi connectivity index (χ1n) is 7.48. The maximum absolute atomic E-state index is 6.31. The standard InChI is InChI=1S/C14H26BNO2/c1-5-6-12(16)15-17-11-8-9-7-10(13(9,2)3)14(11,4)18-15/h9-12H,5-8,16H2,1-4H3. The molecule has 5 unspecified atom stereocenters. The molecule has 4 heteroatoms. The summed E-state index contributed by atoms with van der Waals surface area (Å²) >= 11 is 0. The van der Waals surface area contributed by atoms with E-state index in [1.165, 1.54) is 6.42 Å².